The SMILES string of the molecule is Cn1nccc1-c1cccc(OCCl)c1. The summed E-state index contributed by atoms with van der Waals surface area (Å²) in [7, 11) is 1.91. The highest BCUT2D eigenvalue weighted by molar-refractivity contribution is 6.17. The van der Waals surface area contributed by atoms with E-state index in [1.54, 1.807) is 6.20 Å². The summed E-state index contributed by atoms with van der Waals surface area (Å²) in [6.07, 6.45) is 1.77. The first-order valence-corrected chi connectivity index (χ1v) is 5.12. The lowest BCUT2D eigenvalue weighted by Crippen LogP contribution is -1.94. The van der Waals surface area contributed by atoms with Gasteiger partial charge in [0.1, 0.15) is 5.75 Å². The fourth-order valence-electron chi connectivity index (χ4n) is 1.47. The molecule has 4 heteroatoms. The van der Waals surface area contributed by atoms with Crippen molar-refractivity contribution in [1.82, 2.24) is 9.78 Å². The number of hydrogen-bond donors (Lipinski definition) is 0. The predicted molar refractivity (Wildman–Crippen MR) is 60.0 cm³/mol. The molecular weight excluding hydrogens is 212 g/mol. The van der Waals surface area contributed by atoms with Gasteiger partial charge in [-0.15, -0.1) is 0 Å². The Morgan fingerprint density at radius 1 is 1.40 bits per heavy atom. The van der Waals surface area contributed by atoms with Gasteiger partial charge in [-0.1, -0.05) is 23.7 Å². The second kappa shape index (κ2) is 4.36. The van der Waals surface area contributed by atoms with Crippen LogP contribution >= 0.6 is 11.6 Å². The molecule has 0 amide bonds. The van der Waals surface area contributed by atoms with Gasteiger partial charge in [-0.25, -0.2) is 0 Å². The van der Waals surface area contributed by atoms with Crippen LogP contribution in [0.3, 0.4) is 0 Å². The molecule has 1 aromatic carbocycles. The Bertz CT molecular complexity index is 453. The predicted octanol–water partition coefficient (Wildman–Crippen LogP) is 2.66. The van der Waals surface area contributed by atoms with Crippen LogP contribution in [0.5, 0.6) is 5.75 Å². The Labute approximate surface area is 93.2 Å². The number of nitrogens with zero attached hydrogens (tertiary/aromatic N) is 2. The molecule has 0 aliphatic rings. The average molecular weight is 223 g/mol. The normalized spacial score (nSPS) is 10.3. The number of rotatable bonds is 3. The quantitative estimate of drug-likeness (QED) is 0.747. The first-order valence-electron chi connectivity index (χ1n) is 4.58. The lowest BCUT2D eigenvalue weighted by atomic mass is 10.1. The minimum absolute atomic E-state index is 0.162. The minimum Gasteiger partial charge on any atom is -0.478 e. The third-order valence-electron chi connectivity index (χ3n) is 2.17. The van der Waals surface area contributed by atoms with Crippen LogP contribution in [0.2, 0.25) is 0 Å². The Morgan fingerprint density at radius 3 is 2.93 bits per heavy atom. The highest BCUT2D eigenvalue weighted by Crippen LogP contribution is 2.23. The summed E-state index contributed by atoms with van der Waals surface area (Å²) in [5.74, 6) is 0.767. The first kappa shape index (κ1) is 10.1. The van der Waals surface area contributed by atoms with Gasteiger partial charge in [-0.2, -0.15) is 5.10 Å². The molecule has 0 spiro atoms. The standard InChI is InChI=1S/C11H11ClN2O/c1-14-11(5-6-13-14)9-3-2-4-10(7-9)15-8-12/h2-7H,8H2,1H3. The number of aryl methyl sites for hydroxylation is 1. The van der Waals surface area contributed by atoms with Gasteiger partial charge in [-0.05, 0) is 18.2 Å². The second-order valence-electron chi connectivity index (χ2n) is 3.12. The van der Waals surface area contributed by atoms with Crippen LogP contribution in [0, 0.1) is 0 Å². The fraction of sp³-hybridized carbons (Fsp3) is 0.182. The van der Waals surface area contributed by atoms with E-state index < -0.39 is 0 Å². The van der Waals surface area contributed by atoms with Crippen molar-refractivity contribution in [2.75, 3.05) is 6.07 Å². The Balaban J connectivity index is 2.37. The van der Waals surface area contributed by atoms with Crippen molar-refractivity contribution in [1.29, 1.82) is 0 Å². The molecule has 2 aromatic rings. The van der Waals surface area contributed by atoms with Crippen molar-refractivity contribution >= 4 is 11.6 Å². The topological polar surface area (TPSA) is 27.1 Å². The van der Waals surface area contributed by atoms with Crippen LogP contribution in [0.4, 0.5) is 0 Å². The zero-order valence-electron chi connectivity index (χ0n) is 8.35. The summed E-state index contributed by atoms with van der Waals surface area (Å²) in [5, 5.41) is 4.12. The van der Waals surface area contributed by atoms with Crippen molar-refractivity contribution in [3.05, 3.63) is 36.5 Å². The van der Waals surface area contributed by atoms with E-state index in [0.717, 1.165) is 17.0 Å². The molecule has 0 aliphatic carbocycles. The summed E-state index contributed by atoms with van der Waals surface area (Å²) in [6.45, 7) is 0. The van der Waals surface area contributed by atoms with Crippen LogP contribution in [-0.2, 0) is 7.05 Å². The van der Waals surface area contributed by atoms with Gasteiger partial charge < -0.3 is 4.74 Å². The highest BCUT2D eigenvalue weighted by atomic mass is 35.5. The molecule has 3 nitrogen and oxygen atoms in total. The molecule has 0 aliphatic heterocycles. The number of alkyl halides is 1. The van der Waals surface area contributed by atoms with E-state index >= 15 is 0 Å². The van der Waals surface area contributed by atoms with Gasteiger partial charge in [0.2, 0.25) is 0 Å². The van der Waals surface area contributed by atoms with Gasteiger partial charge in [0.05, 0.1) is 5.69 Å². The van der Waals surface area contributed by atoms with Crippen molar-refractivity contribution in [3.63, 3.8) is 0 Å². The zero-order chi connectivity index (χ0) is 10.7. The maximum absolute atomic E-state index is 5.50. The molecule has 2 rings (SSSR count). The lowest BCUT2D eigenvalue weighted by molar-refractivity contribution is 0.388. The van der Waals surface area contributed by atoms with Gasteiger partial charge in [-0.3, -0.25) is 4.68 Å². The van der Waals surface area contributed by atoms with E-state index in [9.17, 15) is 0 Å². The number of ether oxygens (including phenoxy) is 1. The second-order valence-corrected chi connectivity index (χ2v) is 3.34. The Hall–Kier alpha value is -1.48. The summed E-state index contributed by atoms with van der Waals surface area (Å²) in [5.41, 5.74) is 2.12. The monoisotopic (exact) mass is 222 g/mol. The molecule has 0 saturated carbocycles. The highest BCUT2D eigenvalue weighted by Gasteiger charge is 2.03. The van der Waals surface area contributed by atoms with Crippen LogP contribution in [0.1, 0.15) is 0 Å². The largest absolute Gasteiger partial charge is 0.478 e. The molecule has 0 atom stereocenters. The molecule has 78 valence electrons. The van der Waals surface area contributed by atoms with Crippen molar-refractivity contribution in [2.24, 2.45) is 7.05 Å². The number of hydrogen-bond acceptors (Lipinski definition) is 2. The van der Waals surface area contributed by atoms with Gasteiger partial charge in [0.25, 0.3) is 0 Å². The molecule has 0 radical (unpaired) electrons. The Kier molecular flexibility index (Phi) is 2.92. The fourth-order valence-corrected chi connectivity index (χ4v) is 1.59. The maximum atomic E-state index is 5.50. The summed E-state index contributed by atoms with van der Waals surface area (Å²) < 4.78 is 7.04. The van der Waals surface area contributed by atoms with E-state index in [4.69, 9.17) is 16.3 Å². The van der Waals surface area contributed by atoms with Crippen LogP contribution in [-0.4, -0.2) is 15.8 Å². The molecule has 1 aromatic heterocycles. The van der Waals surface area contributed by atoms with E-state index in [1.807, 2.05) is 42.1 Å². The van der Waals surface area contributed by atoms with Crippen molar-refractivity contribution < 1.29 is 4.74 Å². The molecule has 0 N–H and O–H groups in total. The molecule has 0 fully saturated rings. The summed E-state index contributed by atoms with van der Waals surface area (Å²) in [4.78, 5) is 0. The maximum Gasteiger partial charge on any atom is 0.162 e. The smallest absolute Gasteiger partial charge is 0.162 e. The molecule has 15 heavy (non-hydrogen) atoms. The third kappa shape index (κ3) is 2.13. The molecule has 0 unspecified atom stereocenters. The third-order valence-corrected chi connectivity index (χ3v) is 2.28. The number of halogens is 1. The molecular formula is C11H11ClN2O. The Morgan fingerprint density at radius 2 is 2.27 bits per heavy atom. The van der Waals surface area contributed by atoms with Crippen LogP contribution in [0.15, 0.2) is 36.5 Å². The van der Waals surface area contributed by atoms with Crippen molar-refractivity contribution in [2.45, 2.75) is 0 Å². The van der Waals surface area contributed by atoms with Gasteiger partial charge >= 0.3 is 0 Å². The number of benzene rings is 1. The van der Waals surface area contributed by atoms with Gasteiger partial charge in [0.15, 0.2) is 6.07 Å². The van der Waals surface area contributed by atoms with Gasteiger partial charge in [0, 0.05) is 18.8 Å². The van der Waals surface area contributed by atoms with E-state index in [-0.39, 0.29) is 6.07 Å². The average Bonchev–Trinajstić information content (AvgIpc) is 2.65. The van der Waals surface area contributed by atoms with E-state index in [2.05, 4.69) is 5.10 Å². The lowest BCUT2D eigenvalue weighted by Gasteiger charge is -2.05. The number of aromatic nitrogens is 2. The first-order chi connectivity index (χ1) is 7.31. The van der Waals surface area contributed by atoms with E-state index in [1.165, 1.54) is 0 Å². The van der Waals surface area contributed by atoms with Crippen molar-refractivity contribution in [3.8, 4) is 17.0 Å². The molecule has 0 bridgehead atoms. The summed E-state index contributed by atoms with van der Waals surface area (Å²) in [6, 6.07) is 9.89. The summed E-state index contributed by atoms with van der Waals surface area (Å²) >= 11 is 5.50. The van der Waals surface area contributed by atoms with E-state index in [0.29, 0.717) is 0 Å². The zero-order valence-corrected chi connectivity index (χ0v) is 9.11. The minimum atomic E-state index is 0.162. The van der Waals surface area contributed by atoms with Crippen LogP contribution < -0.4 is 4.74 Å². The van der Waals surface area contributed by atoms with Crippen LogP contribution in [0.25, 0.3) is 11.3 Å². The molecule has 1 heterocycles. The molecule has 0 saturated heterocycles.